The van der Waals surface area contributed by atoms with E-state index in [1.54, 1.807) is 6.92 Å². The molecular weight excluding hydrogens is 252 g/mol. The quantitative estimate of drug-likeness (QED) is 0.804. The second kappa shape index (κ2) is 8.02. The Hall–Kier alpha value is -1.39. The van der Waals surface area contributed by atoms with Crippen molar-refractivity contribution in [3.8, 4) is 0 Å². The number of anilines is 1. The third kappa shape index (κ3) is 5.31. The second-order valence-corrected chi connectivity index (χ2v) is 5.43. The van der Waals surface area contributed by atoms with Crippen LogP contribution in [0.25, 0.3) is 0 Å². The molecule has 0 aliphatic rings. The van der Waals surface area contributed by atoms with E-state index in [0.717, 1.165) is 17.7 Å². The highest BCUT2D eigenvalue weighted by Crippen LogP contribution is 2.15. The van der Waals surface area contributed by atoms with Gasteiger partial charge in [-0.25, -0.2) is 0 Å². The molecule has 0 aliphatic heterocycles. The van der Waals surface area contributed by atoms with Crippen molar-refractivity contribution in [1.82, 2.24) is 4.90 Å². The van der Waals surface area contributed by atoms with Crippen LogP contribution in [-0.2, 0) is 11.2 Å². The molecule has 20 heavy (non-hydrogen) atoms. The number of aryl methyl sites for hydroxylation is 1. The van der Waals surface area contributed by atoms with Crippen LogP contribution in [0.5, 0.6) is 0 Å². The molecule has 4 heteroatoms. The Morgan fingerprint density at radius 3 is 2.50 bits per heavy atom. The third-order valence-electron chi connectivity index (χ3n) is 3.25. The molecule has 0 radical (unpaired) electrons. The molecule has 1 unspecified atom stereocenters. The van der Waals surface area contributed by atoms with E-state index in [0.29, 0.717) is 13.1 Å². The molecular formula is C16H26N2O2. The number of para-hydroxylation sites is 1. The maximum Gasteiger partial charge on any atom is 0.238 e. The average molecular weight is 278 g/mol. The number of hydrogen-bond acceptors (Lipinski definition) is 3. The molecule has 0 bridgehead atoms. The number of nitrogens with zero attached hydrogens (tertiary/aromatic N) is 1. The van der Waals surface area contributed by atoms with Crippen molar-refractivity contribution in [1.29, 1.82) is 0 Å². The molecule has 2 N–H and O–H groups in total. The predicted molar refractivity (Wildman–Crippen MR) is 82.8 cm³/mol. The number of benzene rings is 1. The number of amides is 1. The van der Waals surface area contributed by atoms with Crippen LogP contribution < -0.4 is 5.32 Å². The summed E-state index contributed by atoms with van der Waals surface area (Å²) in [6.07, 6.45) is 0.450. The monoisotopic (exact) mass is 278 g/mol. The first-order chi connectivity index (χ1) is 9.43. The Bertz CT molecular complexity index is 430. The SMILES string of the molecule is CCc1ccccc1NC(=O)CN(CC(C)O)C(C)C. The van der Waals surface area contributed by atoms with Gasteiger partial charge in [0.05, 0.1) is 12.6 Å². The summed E-state index contributed by atoms with van der Waals surface area (Å²) in [6.45, 7) is 8.64. The first-order valence-electron chi connectivity index (χ1n) is 7.23. The van der Waals surface area contributed by atoms with Gasteiger partial charge < -0.3 is 10.4 Å². The van der Waals surface area contributed by atoms with Gasteiger partial charge in [-0.3, -0.25) is 9.69 Å². The number of aliphatic hydroxyl groups excluding tert-OH is 1. The Morgan fingerprint density at radius 1 is 1.30 bits per heavy atom. The lowest BCUT2D eigenvalue weighted by molar-refractivity contribution is -0.118. The van der Waals surface area contributed by atoms with E-state index in [4.69, 9.17) is 0 Å². The summed E-state index contributed by atoms with van der Waals surface area (Å²) in [5.41, 5.74) is 2.01. The summed E-state index contributed by atoms with van der Waals surface area (Å²) in [5, 5.41) is 12.4. The van der Waals surface area contributed by atoms with Crippen LogP contribution >= 0.6 is 0 Å². The number of aliphatic hydroxyl groups is 1. The van der Waals surface area contributed by atoms with Crippen LogP contribution in [0.2, 0.25) is 0 Å². The number of rotatable bonds is 7. The topological polar surface area (TPSA) is 52.6 Å². The molecule has 1 amide bonds. The van der Waals surface area contributed by atoms with E-state index in [2.05, 4.69) is 12.2 Å². The van der Waals surface area contributed by atoms with E-state index in [-0.39, 0.29) is 11.9 Å². The highest BCUT2D eigenvalue weighted by Gasteiger charge is 2.16. The number of carbonyl (C=O) groups excluding carboxylic acids is 1. The molecule has 1 rings (SSSR count). The zero-order chi connectivity index (χ0) is 15.1. The fourth-order valence-electron chi connectivity index (χ4n) is 2.12. The highest BCUT2D eigenvalue weighted by molar-refractivity contribution is 5.93. The van der Waals surface area contributed by atoms with Crippen molar-refractivity contribution in [3.05, 3.63) is 29.8 Å². The normalized spacial score (nSPS) is 12.8. The Kier molecular flexibility index (Phi) is 6.68. The highest BCUT2D eigenvalue weighted by atomic mass is 16.3. The molecule has 0 aliphatic carbocycles. The van der Waals surface area contributed by atoms with E-state index >= 15 is 0 Å². The lowest BCUT2D eigenvalue weighted by atomic mass is 10.1. The molecule has 0 aromatic heterocycles. The second-order valence-electron chi connectivity index (χ2n) is 5.43. The molecule has 1 atom stereocenters. The number of hydrogen-bond donors (Lipinski definition) is 2. The van der Waals surface area contributed by atoms with E-state index in [9.17, 15) is 9.90 Å². The molecule has 1 aromatic rings. The first kappa shape index (κ1) is 16.7. The van der Waals surface area contributed by atoms with Gasteiger partial charge in [0.25, 0.3) is 0 Å². The summed E-state index contributed by atoms with van der Waals surface area (Å²) < 4.78 is 0. The van der Waals surface area contributed by atoms with Crippen LogP contribution in [0.1, 0.15) is 33.3 Å². The maximum atomic E-state index is 12.1. The predicted octanol–water partition coefficient (Wildman–Crippen LogP) is 2.28. The Morgan fingerprint density at radius 2 is 1.95 bits per heavy atom. The number of carbonyl (C=O) groups is 1. The van der Waals surface area contributed by atoms with Crippen LogP contribution in [0.4, 0.5) is 5.69 Å². The summed E-state index contributed by atoms with van der Waals surface area (Å²) >= 11 is 0. The van der Waals surface area contributed by atoms with Gasteiger partial charge in [-0.2, -0.15) is 0 Å². The van der Waals surface area contributed by atoms with E-state index < -0.39 is 6.10 Å². The summed E-state index contributed by atoms with van der Waals surface area (Å²) in [6, 6.07) is 8.06. The summed E-state index contributed by atoms with van der Waals surface area (Å²) in [4.78, 5) is 14.1. The van der Waals surface area contributed by atoms with Crippen LogP contribution in [0, 0.1) is 0 Å². The maximum absolute atomic E-state index is 12.1. The van der Waals surface area contributed by atoms with Crippen LogP contribution in [0.3, 0.4) is 0 Å². The zero-order valence-corrected chi connectivity index (χ0v) is 12.9. The molecule has 4 nitrogen and oxygen atoms in total. The van der Waals surface area contributed by atoms with E-state index in [1.807, 2.05) is 43.0 Å². The number of nitrogens with one attached hydrogen (secondary N) is 1. The van der Waals surface area contributed by atoms with Crippen molar-refractivity contribution in [2.45, 2.75) is 46.3 Å². The lowest BCUT2D eigenvalue weighted by Gasteiger charge is -2.27. The van der Waals surface area contributed by atoms with Crippen molar-refractivity contribution in [2.24, 2.45) is 0 Å². The fourth-order valence-corrected chi connectivity index (χ4v) is 2.12. The first-order valence-corrected chi connectivity index (χ1v) is 7.23. The minimum absolute atomic E-state index is 0.0414. The third-order valence-corrected chi connectivity index (χ3v) is 3.25. The molecule has 1 aromatic carbocycles. The van der Waals surface area contributed by atoms with Crippen molar-refractivity contribution in [3.63, 3.8) is 0 Å². The minimum Gasteiger partial charge on any atom is -0.392 e. The van der Waals surface area contributed by atoms with Gasteiger partial charge >= 0.3 is 0 Å². The molecule has 0 fully saturated rings. The van der Waals surface area contributed by atoms with Crippen molar-refractivity contribution in [2.75, 3.05) is 18.4 Å². The molecule has 0 heterocycles. The van der Waals surface area contributed by atoms with Crippen LogP contribution in [-0.4, -0.2) is 41.1 Å². The van der Waals surface area contributed by atoms with E-state index in [1.165, 1.54) is 0 Å². The standard InChI is InChI=1S/C16H26N2O2/c1-5-14-8-6-7-9-15(14)17-16(20)11-18(12(2)3)10-13(4)19/h6-9,12-13,19H,5,10-11H2,1-4H3,(H,17,20). The average Bonchev–Trinajstić information content (AvgIpc) is 2.37. The molecule has 0 saturated carbocycles. The Balaban J connectivity index is 2.65. The molecule has 0 spiro atoms. The summed E-state index contributed by atoms with van der Waals surface area (Å²) in [7, 11) is 0. The lowest BCUT2D eigenvalue weighted by Crippen LogP contribution is -2.41. The van der Waals surface area contributed by atoms with Crippen molar-refractivity contribution >= 4 is 11.6 Å². The largest absolute Gasteiger partial charge is 0.392 e. The van der Waals surface area contributed by atoms with Gasteiger partial charge in [-0.1, -0.05) is 25.1 Å². The fraction of sp³-hybridized carbons (Fsp3) is 0.562. The Labute approximate surface area is 121 Å². The summed E-state index contributed by atoms with van der Waals surface area (Å²) in [5.74, 6) is -0.0414. The molecule has 0 saturated heterocycles. The van der Waals surface area contributed by atoms with Gasteiger partial charge in [0.15, 0.2) is 0 Å². The van der Waals surface area contributed by atoms with Gasteiger partial charge in [0.2, 0.25) is 5.91 Å². The molecule has 112 valence electrons. The van der Waals surface area contributed by atoms with Crippen molar-refractivity contribution < 1.29 is 9.90 Å². The van der Waals surface area contributed by atoms with Gasteiger partial charge in [-0.05, 0) is 38.8 Å². The minimum atomic E-state index is -0.437. The van der Waals surface area contributed by atoms with Gasteiger partial charge in [0.1, 0.15) is 0 Å². The van der Waals surface area contributed by atoms with Gasteiger partial charge in [-0.15, -0.1) is 0 Å². The zero-order valence-electron chi connectivity index (χ0n) is 12.9. The van der Waals surface area contributed by atoms with Gasteiger partial charge in [0, 0.05) is 18.3 Å². The van der Waals surface area contributed by atoms with Crippen LogP contribution in [0.15, 0.2) is 24.3 Å². The smallest absolute Gasteiger partial charge is 0.238 e.